The average molecular weight is 215 g/mol. The predicted molar refractivity (Wildman–Crippen MR) is 63.0 cm³/mol. The van der Waals surface area contributed by atoms with Crippen LogP contribution in [0.4, 0.5) is 0 Å². The number of ether oxygens (including phenoxy) is 1. The molecular weight excluding hydrogens is 190 g/mol. The number of hydrogen-bond acceptors (Lipinski definition) is 4. The highest BCUT2D eigenvalue weighted by molar-refractivity contribution is 4.76. The molecule has 1 rings (SSSR count). The van der Waals surface area contributed by atoms with Gasteiger partial charge >= 0.3 is 0 Å². The summed E-state index contributed by atoms with van der Waals surface area (Å²) >= 11 is 0. The van der Waals surface area contributed by atoms with E-state index in [0.717, 1.165) is 45.9 Å². The molecule has 90 valence electrons. The molecule has 0 saturated carbocycles. The van der Waals surface area contributed by atoms with Crippen molar-refractivity contribution in [2.75, 3.05) is 53.0 Å². The second kappa shape index (κ2) is 5.80. The van der Waals surface area contributed by atoms with Gasteiger partial charge in [-0.1, -0.05) is 0 Å². The fourth-order valence-electron chi connectivity index (χ4n) is 1.91. The number of nitrogens with two attached hydrogens (primary N) is 1. The van der Waals surface area contributed by atoms with E-state index in [-0.39, 0.29) is 5.54 Å². The third-order valence-electron chi connectivity index (χ3n) is 2.58. The summed E-state index contributed by atoms with van der Waals surface area (Å²) in [5, 5.41) is 0. The summed E-state index contributed by atoms with van der Waals surface area (Å²) in [5.41, 5.74) is 5.87. The van der Waals surface area contributed by atoms with Crippen molar-refractivity contribution in [1.82, 2.24) is 9.80 Å². The van der Waals surface area contributed by atoms with Gasteiger partial charge in [0, 0.05) is 38.3 Å². The van der Waals surface area contributed by atoms with E-state index in [4.69, 9.17) is 10.5 Å². The van der Waals surface area contributed by atoms with Crippen LogP contribution in [0.15, 0.2) is 0 Å². The minimum absolute atomic E-state index is 0.0975. The van der Waals surface area contributed by atoms with Gasteiger partial charge in [-0.25, -0.2) is 0 Å². The van der Waals surface area contributed by atoms with E-state index >= 15 is 0 Å². The lowest BCUT2D eigenvalue weighted by atomic mass is 10.1. The van der Waals surface area contributed by atoms with Gasteiger partial charge in [0.05, 0.1) is 13.2 Å². The molecule has 1 fully saturated rings. The molecule has 0 aromatic rings. The summed E-state index contributed by atoms with van der Waals surface area (Å²) in [6.45, 7) is 11.2. The Balaban J connectivity index is 2.12. The highest BCUT2D eigenvalue weighted by Crippen LogP contribution is 2.01. The Morgan fingerprint density at radius 3 is 2.47 bits per heavy atom. The molecule has 15 heavy (non-hydrogen) atoms. The van der Waals surface area contributed by atoms with Gasteiger partial charge in [-0.05, 0) is 20.9 Å². The van der Waals surface area contributed by atoms with Gasteiger partial charge in [0.1, 0.15) is 0 Å². The number of hydrogen-bond donors (Lipinski definition) is 1. The molecule has 1 aliphatic rings. The van der Waals surface area contributed by atoms with Gasteiger partial charge in [0.15, 0.2) is 0 Å². The first kappa shape index (κ1) is 12.9. The van der Waals surface area contributed by atoms with Gasteiger partial charge in [0.25, 0.3) is 0 Å². The SMILES string of the molecule is CN(CCN1CCOCC1)CC(C)(C)N. The van der Waals surface area contributed by atoms with E-state index in [1.165, 1.54) is 0 Å². The number of rotatable bonds is 5. The predicted octanol–water partition coefficient (Wildman–Crippen LogP) is -0.0123. The standard InChI is InChI=1S/C11H25N3O/c1-11(2,12)10-13(3)4-5-14-6-8-15-9-7-14/h4-10,12H2,1-3H3. The lowest BCUT2D eigenvalue weighted by molar-refractivity contribution is 0.0338. The molecule has 0 atom stereocenters. The smallest absolute Gasteiger partial charge is 0.0594 e. The molecule has 0 unspecified atom stereocenters. The van der Waals surface area contributed by atoms with Gasteiger partial charge in [-0.3, -0.25) is 4.90 Å². The lowest BCUT2D eigenvalue weighted by Gasteiger charge is -2.31. The number of nitrogens with zero attached hydrogens (tertiary/aromatic N) is 2. The zero-order chi connectivity index (χ0) is 11.3. The van der Waals surface area contributed by atoms with Crippen LogP contribution >= 0.6 is 0 Å². The summed E-state index contributed by atoms with van der Waals surface area (Å²) in [5.74, 6) is 0. The molecule has 0 aromatic carbocycles. The van der Waals surface area contributed by atoms with E-state index < -0.39 is 0 Å². The van der Waals surface area contributed by atoms with Crippen molar-refractivity contribution in [2.24, 2.45) is 5.73 Å². The molecule has 1 heterocycles. The second-order valence-electron chi connectivity index (χ2n) is 5.18. The summed E-state index contributed by atoms with van der Waals surface area (Å²) < 4.78 is 5.31. The third-order valence-corrected chi connectivity index (χ3v) is 2.58. The molecule has 4 nitrogen and oxygen atoms in total. The van der Waals surface area contributed by atoms with Crippen LogP contribution in [0.2, 0.25) is 0 Å². The topological polar surface area (TPSA) is 41.7 Å². The van der Waals surface area contributed by atoms with Crippen molar-refractivity contribution < 1.29 is 4.74 Å². The average Bonchev–Trinajstić information content (AvgIpc) is 2.14. The van der Waals surface area contributed by atoms with Crippen molar-refractivity contribution in [3.8, 4) is 0 Å². The maximum absolute atomic E-state index is 5.97. The Bertz CT molecular complexity index is 173. The van der Waals surface area contributed by atoms with E-state index in [1.54, 1.807) is 0 Å². The van der Waals surface area contributed by atoms with Gasteiger partial charge in [-0.15, -0.1) is 0 Å². The fraction of sp³-hybridized carbons (Fsp3) is 1.00. The summed E-state index contributed by atoms with van der Waals surface area (Å²) in [6.07, 6.45) is 0. The highest BCUT2D eigenvalue weighted by atomic mass is 16.5. The maximum Gasteiger partial charge on any atom is 0.0594 e. The van der Waals surface area contributed by atoms with Crippen LogP contribution in [0.5, 0.6) is 0 Å². The van der Waals surface area contributed by atoms with Gasteiger partial charge in [-0.2, -0.15) is 0 Å². The summed E-state index contributed by atoms with van der Waals surface area (Å²) in [6, 6.07) is 0. The minimum atomic E-state index is -0.0975. The molecule has 0 radical (unpaired) electrons. The Hall–Kier alpha value is -0.160. The fourth-order valence-corrected chi connectivity index (χ4v) is 1.91. The Labute approximate surface area is 93.4 Å². The highest BCUT2D eigenvalue weighted by Gasteiger charge is 2.15. The van der Waals surface area contributed by atoms with Gasteiger partial charge in [0.2, 0.25) is 0 Å². The molecular formula is C11H25N3O. The molecule has 4 heteroatoms. The molecule has 0 bridgehead atoms. The Morgan fingerprint density at radius 1 is 1.33 bits per heavy atom. The van der Waals surface area contributed by atoms with Crippen molar-refractivity contribution in [1.29, 1.82) is 0 Å². The van der Waals surface area contributed by atoms with Crippen LogP contribution in [0.1, 0.15) is 13.8 Å². The van der Waals surface area contributed by atoms with Crippen molar-refractivity contribution in [3.05, 3.63) is 0 Å². The van der Waals surface area contributed by atoms with Crippen LogP contribution in [-0.2, 0) is 4.74 Å². The molecule has 1 saturated heterocycles. The van der Waals surface area contributed by atoms with E-state index in [2.05, 4.69) is 30.7 Å². The molecule has 0 aromatic heterocycles. The van der Waals surface area contributed by atoms with Crippen LogP contribution in [0, 0.1) is 0 Å². The molecule has 0 aliphatic carbocycles. The van der Waals surface area contributed by atoms with Crippen LogP contribution in [0.3, 0.4) is 0 Å². The lowest BCUT2D eigenvalue weighted by Crippen LogP contribution is -2.47. The zero-order valence-electron chi connectivity index (χ0n) is 10.3. The first-order valence-electron chi connectivity index (χ1n) is 5.75. The Morgan fingerprint density at radius 2 is 1.93 bits per heavy atom. The third kappa shape index (κ3) is 6.10. The van der Waals surface area contributed by atoms with E-state index in [1.807, 2.05) is 0 Å². The van der Waals surface area contributed by atoms with Crippen LogP contribution in [-0.4, -0.2) is 68.3 Å². The van der Waals surface area contributed by atoms with Gasteiger partial charge < -0.3 is 15.4 Å². The maximum atomic E-state index is 5.97. The quantitative estimate of drug-likeness (QED) is 0.700. The summed E-state index contributed by atoms with van der Waals surface area (Å²) in [7, 11) is 2.13. The largest absolute Gasteiger partial charge is 0.379 e. The van der Waals surface area contributed by atoms with Crippen molar-refractivity contribution >= 4 is 0 Å². The molecule has 2 N–H and O–H groups in total. The van der Waals surface area contributed by atoms with E-state index in [9.17, 15) is 0 Å². The monoisotopic (exact) mass is 215 g/mol. The van der Waals surface area contributed by atoms with Crippen molar-refractivity contribution in [3.63, 3.8) is 0 Å². The zero-order valence-corrected chi connectivity index (χ0v) is 10.3. The number of likely N-dealkylation sites (N-methyl/N-ethyl adjacent to an activating group) is 1. The second-order valence-corrected chi connectivity index (χ2v) is 5.18. The normalized spacial score (nSPS) is 19.8. The Kier molecular flexibility index (Phi) is 4.99. The van der Waals surface area contributed by atoms with Crippen LogP contribution in [0.25, 0.3) is 0 Å². The molecule has 1 aliphatic heterocycles. The number of morpholine rings is 1. The summed E-state index contributed by atoms with van der Waals surface area (Å²) in [4.78, 5) is 4.75. The molecule has 0 spiro atoms. The van der Waals surface area contributed by atoms with E-state index in [0.29, 0.717) is 0 Å². The van der Waals surface area contributed by atoms with Crippen molar-refractivity contribution in [2.45, 2.75) is 19.4 Å². The van der Waals surface area contributed by atoms with Crippen LogP contribution < -0.4 is 5.73 Å². The first-order chi connectivity index (χ1) is 6.97. The first-order valence-corrected chi connectivity index (χ1v) is 5.75. The minimum Gasteiger partial charge on any atom is -0.379 e. The molecule has 0 amide bonds.